The van der Waals surface area contributed by atoms with Gasteiger partial charge in [0.15, 0.2) is 0 Å². The summed E-state index contributed by atoms with van der Waals surface area (Å²) in [6, 6.07) is 0. The van der Waals surface area contributed by atoms with E-state index in [1.165, 1.54) is 0 Å². The average molecular weight is 113 g/mol. The van der Waals surface area contributed by atoms with E-state index in [2.05, 4.69) is 19.1 Å². The van der Waals surface area contributed by atoms with Crippen LogP contribution in [0.25, 0.3) is 0 Å². The first-order valence-electron chi connectivity index (χ1n) is 3.18. The van der Waals surface area contributed by atoms with Crippen LogP contribution in [0.15, 0.2) is 12.2 Å². The molecule has 8 heavy (non-hydrogen) atoms. The molecule has 0 aliphatic carbocycles. The van der Waals surface area contributed by atoms with Crippen molar-refractivity contribution in [2.24, 2.45) is 11.7 Å². The van der Waals surface area contributed by atoms with Crippen molar-refractivity contribution in [2.45, 2.75) is 20.3 Å². The first-order valence-corrected chi connectivity index (χ1v) is 3.18. The summed E-state index contributed by atoms with van der Waals surface area (Å²) in [4.78, 5) is 0. The van der Waals surface area contributed by atoms with Gasteiger partial charge in [-0.1, -0.05) is 19.1 Å². The molecule has 0 amide bonds. The Hall–Kier alpha value is -0.300. The van der Waals surface area contributed by atoms with Gasteiger partial charge in [-0.25, -0.2) is 0 Å². The summed E-state index contributed by atoms with van der Waals surface area (Å²) in [5.74, 6) is 0.597. The molecular weight excluding hydrogens is 98.1 g/mol. The molecule has 2 N–H and O–H groups in total. The molecule has 0 rings (SSSR count). The molecule has 0 fully saturated rings. The first-order chi connectivity index (χ1) is 3.85. The van der Waals surface area contributed by atoms with Crippen LogP contribution in [0, 0.1) is 5.92 Å². The molecule has 1 nitrogen and oxygen atoms in total. The molecule has 0 aromatic carbocycles. The van der Waals surface area contributed by atoms with Gasteiger partial charge in [-0.15, -0.1) is 0 Å². The molecule has 0 saturated heterocycles. The molecule has 0 heterocycles. The van der Waals surface area contributed by atoms with Gasteiger partial charge in [0.2, 0.25) is 0 Å². The molecule has 0 aliphatic heterocycles. The van der Waals surface area contributed by atoms with Crippen LogP contribution < -0.4 is 5.73 Å². The summed E-state index contributed by atoms with van der Waals surface area (Å²) in [6.45, 7) is 4.96. The normalized spacial score (nSPS) is 14.9. The predicted molar refractivity (Wildman–Crippen MR) is 37.6 cm³/mol. The zero-order chi connectivity index (χ0) is 6.41. The number of hydrogen-bond acceptors (Lipinski definition) is 1. The number of rotatable bonds is 3. The molecule has 1 heteroatoms. The van der Waals surface area contributed by atoms with Gasteiger partial charge in [-0.3, -0.25) is 0 Å². The van der Waals surface area contributed by atoms with Gasteiger partial charge in [0.1, 0.15) is 0 Å². The van der Waals surface area contributed by atoms with Crippen molar-refractivity contribution in [1.29, 1.82) is 0 Å². The molecule has 0 aliphatic rings. The summed E-state index contributed by atoms with van der Waals surface area (Å²) >= 11 is 0. The van der Waals surface area contributed by atoms with E-state index in [-0.39, 0.29) is 0 Å². The maximum atomic E-state index is 5.42. The third-order valence-corrected chi connectivity index (χ3v) is 1.29. The highest BCUT2D eigenvalue weighted by molar-refractivity contribution is 4.84. The summed E-state index contributed by atoms with van der Waals surface area (Å²) in [6.07, 6.45) is 5.36. The van der Waals surface area contributed by atoms with Crippen LogP contribution >= 0.6 is 0 Å². The monoisotopic (exact) mass is 113 g/mol. The van der Waals surface area contributed by atoms with Crippen molar-refractivity contribution in [1.82, 2.24) is 0 Å². The molecule has 0 spiro atoms. The minimum absolute atomic E-state index is 0.597. The van der Waals surface area contributed by atoms with Gasteiger partial charge < -0.3 is 5.73 Å². The summed E-state index contributed by atoms with van der Waals surface area (Å²) in [5.41, 5.74) is 5.42. The number of nitrogens with two attached hydrogens (primary N) is 1. The van der Waals surface area contributed by atoms with Crippen molar-refractivity contribution in [3.05, 3.63) is 12.2 Å². The Morgan fingerprint density at radius 1 is 1.62 bits per heavy atom. The Balaban J connectivity index is 3.36. The van der Waals surface area contributed by atoms with E-state index in [1.807, 2.05) is 6.92 Å². The highest BCUT2D eigenvalue weighted by atomic mass is 14.5. The van der Waals surface area contributed by atoms with Gasteiger partial charge in [0.05, 0.1) is 0 Å². The van der Waals surface area contributed by atoms with Crippen LogP contribution in [-0.4, -0.2) is 6.54 Å². The molecule has 0 bridgehead atoms. The summed E-state index contributed by atoms with van der Waals surface area (Å²) in [5, 5.41) is 0. The highest BCUT2D eigenvalue weighted by Crippen LogP contribution is 2.00. The molecule has 0 saturated carbocycles. The van der Waals surface area contributed by atoms with E-state index in [0.717, 1.165) is 13.0 Å². The molecular formula is C7H15N. The Labute approximate surface area is 51.6 Å². The van der Waals surface area contributed by atoms with Crippen LogP contribution in [0.4, 0.5) is 0 Å². The fraction of sp³-hybridized carbons (Fsp3) is 0.714. The Bertz CT molecular complexity index is 62.8. The quantitative estimate of drug-likeness (QED) is 0.552. The fourth-order valence-corrected chi connectivity index (χ4v) is 0.653. The second kappa shape index (κ2) is 4.85. The number of allylic oxidation sites excluding steroid dienone is 1. The largest absolute Gasteiger partial charge is 0.330 e. The molecule has 48 valence electrons. The van der Waals surface area contributed by atoms with Gasteiger partial charge >= 0.3 is 0 Å². The van der Waals surface area contributed by atoms with E-state index in [1.54, 1.807) is 0 Å². The van der Waals surface area contributed by atoms with Gasteiger partial charge in [-0.2, -0.15) is 0 Å². The van der Waals surface area contributed by atoms with Crippen molar-refractivity contribution in [2.75, 3.05) is 6.54 Å². The minimum atomic E-state index is 0.597. The van der Waals surface area contributed by atoms with E-state index in [4.69, 9.17) is 5.73 Å². The van der Waals surface area contributed by atoms with Gasteiger partial charge in [-0.05, 0) is 25.8 Å². The second-order valence-electron chi connectivity index (χ2n) is 1.93. The maximum absolute atomic E-state index is 5.42. The summed E-state index contributed by atoms with van der Waals surface area (Å²) < 4.78 is 0. The molecule has 0 radical (unpaired) electrons. The standard InChI is InChI=1S/C7H15N/c1-3-5-7(4-2)6-8/h3,5,7H,4,6,8H2,1-2H3/b5-3+. The maximum Gasteiger partial charge on any atom is -0.00143 e. The van der Waals surface area contributed by atoms with Gasteiger partial charge in [0, 0.05) is 0 Å². The summed E-state index contributed by atoms with van der Waals surface area (Å²) in [7, 11) is 0. The molecule has 0 aromatic heterocycles. The zero-order valence-electron chi connectivity index (χ0n) is 5.72. The molecule has 1 atom stereocenters. The van der Waals surface area contributed by atoms with E-state index in [9.17, 15) is 0 Å². The lowest BCUT2D eigenvalue weighted by atomic mass is 10.1. The van der Waals surface area contributed by atoms with Crippen molar-refractivity contribution >= 4 is 0 Å². The Kier molecular flexibility index (Phi) is 4.67. The number of hydrogen-bond donors (Lipinski definition) is 1. The van der Waals surface area contributed by atoms with Crippen LogP contribution in [0.5, 0.6) is 0 Å². The fourth-order valence-electron chi connectivity index (χ4n) is 0.653. The third-order valence-electron chi connectivity index (χ3n) is 1.29. The zero-order valence-corrected chi connectivity index (χ0v) is 5.72. The second-order valence-corrected chi connectivity index (χ2v) is 1.93. The predicted octanol–water partition coefficient (Wildman–Crippen LogP) is 1.55. The lowest BCUT2D eigenvalue weighted by Gasteiger charge is -2.02. The van der Waals surface area contributed by atoms with Gasteiger partial charge in [0.25, 0.3) is 0 Å². The topological polar surface area (TPSA) is 26.0 Å². The lowest BCUT2D eigenvalue weighted by molar-refractivity contribution is 0.639. The Morgan fingerprint density at radius 3 is 2.38 bits per heavy atom. The van der Waals surface area contributed by atoms with Crippen LogP contribution in [0.2, 0.25) is 0 Å². The van der Waals surface area contributed by atoms with Crippen molar-refractivity contribution < 1.29 is 0 Å². The SMILES string of the molecule is C/C=C/C(CC)CN. The van der Waals surface area contributed by atoms with Crippen LogP contribution in [-0.2, 0) is 0 Å². The third kappa shape index (κ3) is 2.80. The van der Waals surface area contributed by atoms with Crippen LogP contribution in [0.1, 0.15) is 20.3 Å². The Morgan fingerprint density at radius 2 is 2.25 bits per heavy atom. The molecule has 0 aromatic rings. The van der Waals surface area contributed by atoms with Crippen LogP contribution in [0.3, 0.4) is 0 Å². The lowest BCUT2D eigenvalue weighted by Crippen LogP contribution is -2.10. The van der Waals surface area contributed by atoms with Crippen molar-refractivity contribution in [3.63, 3.8) is 0 Å². The van der Waals surface area contributed by atoms with Crippen molar-refractivity contribution in [3.8, 4) is 0 Å². The average Bonchev–Trinajstić information content (AvgIpc) is 1.83. The van der Waals surface area contributed by atoms with E-state index in [0.29, 0.717) is 5.92 Å². The highest BCUT2D eigenvalue weighted by Gasteiger charge is 1.93. The smallest absolute Gasteiger partial charge is 0.00143 e. The van der Waals surface area contributed by atoms with E-state index >= 15 is 0 Å². The first kappa shape index (κ1) is 7.70. The minimum Gasteiger partial charge on any atom is -0.330 e. The van der Waals surface area contributed by atoms with E-state index < -0.39 is 0 Å². The molecule has 1 unspecified atom stereocenters.